The maximum Gasteiger partial charge on any atom is 0.249 e. The Morgan fingerprint density at radius 2 is 2.14 bits per heavy atom. The zero-order valence-electron chi connectivity index (χ0n) is 12.1. The minimum Gasteiger partial charge on any atom is -0.369 e. The lowest BCUT2D eigenvalue weighted by molar-refractivity contribution is -0.134. The molecular weight excluding hydrogens is 292 g/mol. The van der Waals surface area contributed by atoms with Gasteiger partial charge in [0.15, 0.2) is 0 Å². The number of nitrogens with zero attached hydrogens (tertiary/aromatic N) is 1. The Labute approximate surface area is 129 Å². The maximum atomic E-state index is 12.3. The van der Waals surface area contributed by atoms with E-state index in [1.54, 1.807) is 36.1 Å². The Balaban J connectivity index is 1.98. The van der Waals surface area contributed by atoms with Crippen molar-refractivity contribution >= 4 is 29.1 Å². The summed E-state index contributed by atoms with van der Waals surface area (Å²) in [5.74, 6) is -0.359. The molecule has 0 spiro atoms. The minimum absolute atomic E-state index is 0.102. The van der Waals surface area contributed by atoms with Gasteiger partial charge in [0.25, 0.3) is 0 Å². The van der Waals surface area contributed by atoms with Crippen molar-refractivity contribution in [1.82, 2.24) is 5.32 Å². The van der Waals surface area contributed by atoms with E-state index in [0.717, 1.165) is 5.69 Å². The van der Waals surface area contributed by atoms with Crippen molar-refractivity contribution in [1.29, 1.82) is 0 Å². The first-order valence-electron chi connectivity index (χ1n) is 7.02. The van der Waals surface area contributed by atoms with Crippen molar-refractivity contribution < 1.29 is 14.3 Å². The van der Waals surface area contributed by atoms with Crippen LogP contribution in [0.1, 0.15) is 20.3 Å². The van der Waals surface area contributed by atoms with Gasteiger partial charge in [0.05, 0.1) is 0 Å². The second kappa shape index (κ2) is 6.91. The lowest BCUT2D eigenvalue weighted by atomic mass is 10.2. The molecule has 1 aliphatic heterocycles. The molecule has 5 nitrogen and oxygen atoms in total. The average Bonchev–Trinajstić information content (AvgIpc) is 2.81. The fraction of sp³-hybridized carbons (Fsp3) is 0.467. The van der Waals surface area contributed by atoms with Gasteiger partial charge in [-0.3, -0.25) is 9.59 Å². The number of rotatable bonds is 5. The lowest BCUT2D eigenvalue weighted by Crippen LogP contribution is -2.45. The number of carbonyl (C=O) groups excluding carboxylic acids is 2. The van der Waals surface area contributed by atoms with Gasteiger partial charge in [-0.05, 0) is 44.5 Å². The molecule has 2 atom stereocenters. The molecule has 1 heterocycles. The summed E-state index contributed by atoms with van der Waals surface area (Å²) < 4.78 is 5.22. The van der Waals surface area contributed by atoms with Crippen LogP contribution in [0, 0.1) is 0 Å². The first-order chi connectivity index (χ1) is 10.0. The molecule has 1 aliphatic rings. The van der Waals surface area contributed by atoms with Crippen LogP contribution in [0.4, 0.5) is 5.69 Å². The minimum atomic E-state index is -0.549. The predicted molar refractivity (Wildman–Crippen MR) is 81.4 cm³/mol. The van der Waals surface area contributed by atoms with E-state index in [9.17, 15) is 9.59 Å². The number of hydrogen-bond acceptors (Lipinski definition) is 3. The Hall–Kier alpha value is -1.59. The van der Waals surface area contributed by atoms with Crippen LogP contribution in [0.5, 0.6) is 0 Å². The molecule has 2 rings (SSSR count). The van der Waals surface area contributed by atoms with Gasteiger partial charge >= 0.3 is 0 Å². The molecule has 1 saturated heterocycles. The van der Waals surface area contributed by atoms with Crippen molar-refractivity contribution in [3.8, 4) is 0 Å². The van der Waals surface area contributed by atoms with Crippen LogP contribution in [0.3, 0.4) is 0 Å². The van der Waals surface area contributed by atoms with E-state index in [-0.39, 0.29) is 11.8 Å². The summed E-state index contributed by atoms with van der Waals surface area (Å²) in [6, 6.07) is 6.59. The summed E-state index contributed by atoms with van der Waals surface area (Å²) in [6.45, 7) is 4.54. The largest absolute Gasteiger partial charge is 0.369 e. The molecule has 0 aliphatic carbocycles. The van der Waals surface area contributed by atoms with Gasteiger partial charge in [0.1, 0.15) is 12.1 Å². The Morgan fingerprint density at radius 3 is 2.76 bits per heavy atom. The van der Waals surface area contributed by atoms with Crippen molar-refractivity contribution in [2.24, 2.45) is 0 Å². The monoisotopic (exact) mass is 310 g/mol. The fourth-order valence-electron chi connectivity index (χ4n) is 2.31. The van der Waals surface area contributed by atoms with Crippen molar-refractivity contribution in [2.45, 2.75) is 32.4 Å². The number of hydrogen-bond donors (Lipinski definition) is 1. The molecule has 0 bridgehead atoms. The molecule has 0 saturated carbocycles. The summed E-state index contributed by atoms with van der Waals surface area (Å²) in [5.41, 5.74) is 0.791. The van der Waals surface area contributed by atoms with Crippen molar-refractivity contribution in [3.05, 3.63) is 29.3 Å². The zero-order valence-corrected chi connectivity index (χ0v) is 12.9. The molecule has 6 heteroatoms. The quantitative estimate of drug-likeness (QED) is 0.905. The number of anilines is 1. The third-order valence-electron chi connectivity index (χ3n) is 3.45. The maximum absolute atomic E-state index is 12.3. The highest BCUT2D eigenvalue weighted by Crippen LogP contribution is 2.23. The van der Waals surface area contributed by atoms with Gasteiger partial charge in [0.2, 0.25) is 11.8 Å². The molecule has 0 radical (unpaired) electrons. The van der Waals surface area contributed by atoms with Gasteiger partial charge in [-0.2, -0.15) is 0 Å². The van der Waals surface area contributed by atoms with E-state index < -0.39 is 12.1 Å². The van der Waals surface area contributed by atoms with Crippen LogP contribution in [-0.4, -0.2) is 37.1 Å². The molecule has 1 fully saturated rings. The van der Waals surface area contributed by atoms with Gasteiger partial charge in [-0.1, -0.05) is 11.6 Å². The third-order valence-corrected chi connectivity index (χ3v) is 3.70. The number of carbonyl (C=O) groups is 2. The number of benzene rings is 1. The molecule has 114 valence electrons. The van der Waals surface area contributed by atoms with E-state index >= 15 is 0 Å². The average molecular weight is 311 g/mol. The van der Waals surface area contributed by atoms with E-state index in [4.69, 9.17) is 16.3 Å². The van der Waals surface area contributed by atoms with E-state index in [0.29, 0.717) is 24.6 Å². The summed E-state index contributed by atoms with van der Waals surface area (Å²) in [7, 11) is 0. The second-order valence-electron chi connectivity index (χ2n) is 4.91. The Bertz CT molecular complexity index is 518. The van der Waals surface area contributed by atoms with Crippen LogP contribution in [0.25, 0.3) is 0 Å². The topological polar surface area (TPSA) is 58.6 Å². The van der Waals surface area contributed by atoms with Gasteiger partial charge in [0, 0.05) is 23.9 Å². The summed E-state index contributed by atoms with van der Waals surface area (Å²) in [4.78, 5) is 25.9. The van der Waals surface area contributed by atoms with Crippen LogP contribution < -0.4 is 10.2 Å². The summed E-state index contributed by atoms with van der Waals surface area (Å²) >= 11 is 5.84. The van der Waals surface area contributed by atoms with Crippen LogP contribution in [0.2, 0.25) is 5.02 Å². The molecular formula is C15H19ClN2O3. The highest BCUT2D eigenvalue weighted by atomic mass is 35.5. The van der Waals surface area contributed by atoms with Crippen molar-refractivity contribution in [2.75, 3.05) is 18.1 Å². The molecule has 1 aromatic carbocycles. The molecule has 0 unspecified atom stereocenters. The second-order valence-corrected chi connectivity index (χ2v) is 5.35. The van der Waals surface area contributed by atoms with Crippen LogP contribution in [-0.2, 0) is 14.3 Å². The normalized spacial score (nSPS) is 19.7. The smallest absolute Gasteiger partial charge is 0.249 e. The standard InChI is InChI=1S/C15H19ClN2O3/c1-3-21-10(2)14(19)17-13-8-9-18(15(13)20)12-6-4-11(16)5-7-12/h4-7,10,13H,3,8-9H2,1-2H3,(H,17,19)/t10-,13+/m0/s1. The fourth-order valence-corrected chi connectivity index (χ4v) is 2.43. The molecule has 21 heavy (non-hydrogen) atoms. The van der Waals surface area contributed by atoms with E-state index in [2.05, 4.69) is 5.32 Å². The van der Waals surface area contributed by atoms with E-state index in [1.807, 2.05) is 6.92 Å². The lowest BCUT2D eigenvalue weighted by Gasteiger charge is -2.18. The van der Waals surface area contributed by atoms with Gasteiger partial charge in [-0.25, -0.2) is 0 Å². The Kier molecular flexibility index (Phi) is 5.20. The SMILES string of the molecule is CCO[C@@H](C)C(=O)N[C@@H]1CCN(c2ccc(Cl)cc2)C1=O. The van der Waals surface area contributed by atoms with Gasteiger partial charge < -0.3 is 15.0 Å². The Morgan fingerprint density at radius 1 is 1.48 bits per heavy atom. The summed E-state index contributed by atoms with van der Waals surface area (Å²) in [6.07, 6.45) is 0.0406. The van der Waals surface area contributed by atoms with Crippen LogP contribution in [0.15, 0.2) is 24.3 Å². The highest BCUT2D eigenvalue weighted by Gasteiger charge is 2.34. The summed E-state index contributed by atoms with van der Waals surface area (Å²) in [5, 5.41) is 3.37. The first kappa shape index (κ1) is 15.8. The van der Waals surface area contributed by atoms with Gasteiger partial charge in [-0.15, -0.1) is 0 Å². The predicted octanol–water partition coefficient (Wildman–Crippen LogP) is 1.99. The number of halogens is 1. The zero-order chi connectivity index (χ0) is 15.4. The molecule has 2 amide bonds. The highest BCUT2D eigenvalue weighted by molar-refractivity contribution is 6.30. The first-order valence-corrected chi connectivity index (χ1v) is 7.39. The van der Waals surface area contributed by atoms with Crippen molar-refractivity contribution in [3.63, 3.8) is 0 Å². The molecule has 0 aromatic heterocycles. The van der Waals surface area contributed by atoms with E-state index in [1.165, 1.54) is 0 Å². The molecule has 1 aromatic rings. The third kappa shape index (κ3) is 3.74. The number of amides is 2. The number of nitrogens with one attached hydrogen (secondary N) is 1. The number of ether oxygens (including phenoxy) is 1. The van der Waals surface area contributed by atoms with Crippen LogP contribution >= 0.6 is 11.6 Å². The molecule has 1 N–H and O–H groups in total.